The van der Waals surface area contributed by atoms with Crippen molar-refractivity contribution in [2.24, 2.45) is 5.73 Å². The van der Waals surface area contributed by atoms with Gasteiger partial charge in [-0.2, -0.15) is 0 Å². The normalized spacial score (nSPS) is 12.2. The van der Waals surface area contributed by atoms with Crippen molar-refractivity contribution in [2.45, 2.75) is 13.0 Å². The number of nitrogens with zero attached hydrogens (tertiary/aromatic N) is 1. The van der Waals surface area contributed by atoms with Gasteiger partial charge in [0.25, 0.3) is 0 Å². The van der Waals surface area contributed by atoms with Gasteiger partial charge in [-0.3, -0.25) is 4.98 Å². The predicted octanol–water partition coefficient (Wildman–Crippen LogP) is 4.31. The number of hydrogen-bond acceptors (Lipinski definition) is 3. The molecule has 5 heteroatoms. The lowest BCUT2D eigenvalue weighted by molar-refractivity contribution is 0.480. The van der Waals surface area contributed by atoms with E-state index in [0.717, 1.165) is 10.0 Å². The number of nitrogens with two attached hydrogens (primary N) is 1. The van der Waals surface area contributed by atoms with Gasteiger partial charge >= 0.3 is 0 Å². The number of hydrogen-bond donors (Lipinski definition) is 1. The van der Waals surface area contributed by atoms with Gasteiger partial charge in [0, 0.05) is 16.7 Å². The maximum Gasteiger partial charge on any atom is 0.146 e. The zero-order chi connectivity index (χ0) is 13.1. The SMILES string of the molecule is C[C@H](N)c1ccc(Oc2cncc(Br)c2)c(Cl)c1. The van der Waals surface area contributed by atoms with Gasteiger partial charge in [0.15, 0.2) is 0 Å². The second-order valence-electron chi connectivity index (χ2n) is 3.92. The molecule has 2 rings (SSSR count). The van der Waals surface area contributed by atoms with E-state index < -0.39 is 0 Å². The van der Waals surface area contributed by atoms with Crippen molar-refractivity contribution in [1.82, 2.24) is 4.98 Å². The van der Waals surface area contributed by atoms with Crippen LogP contribution >= 0.6 is 27.5 Å². The third-order valence-electron chi connectivity index (χ3n) is 2.39. The van der Waals surface area contributed by atoms with E-state index in [1.165, 1.54) is 0 Å². The van der Waals surface area contributed by atoms with Gasteiger partial charge in [0.2, 0.25) is 0 Å². The third-order valence-corrected chi connectivity index (χ3v) is 3.12. The fourth-order valence-corrected chi connectivity index (χ4v) is 2.03. The first-order valence-corrected chi connectivity index (χ1v) is 6.57. The molecule has 0 saturated carbocycles. The first-order chi connectivity index (χ1) is 8.56. The summed E-state index contributed by atoms with van der Waals surface area (Å²) >= 11 is 9.48. The average molecular weight is 328 g/mol. The number of ether oxygens (including phenoxy) is 1. The quantitative estimate of drug-likeness (QED) is 0.914. The van der Waals surface area contributed by atoms with Crippen molar-refractivity contribution in [3.63, 3.8) is 0 Å². The summed E-state index contributed by atoms with van der Waals surface area (Å²) in [5.41, 5.74) is 6.76. The van der Waals surface area contributed by atoms with Crippen LogP contribution in [0.2, 0.25) is 5.02 Å². The molecule has 0 unspecified atom stereocenters. The van der Waals surface area contributed by atoms with E-state index in [-0.39, 0.29) is 6.04 Å². The summed E-state index contributed by atoms with van der Waals surface area (Å²) in [6, 6.07) is 7.29. The zero-order valence-electron chi connectivity index (χ0n) is 9.73. The van der Waals surface area contributed by atoms with Crippen molar-refractivity contribution >= 4 is 27.5 Å². The Morgan fingerprint density at radius 1 is 1.33 bits per heavy atom. The molecular formula is C13H12BrClN2O. The predicted molar refractivity (Wildman–Crippen MR) is 76.1 cm³/mol. The van der Waals surface area contributed by atoms with Crippen LogP contribution in [0.3, 0.4) is 0 Å². The van der Waals surface area contributed by atoms with E-state index in [0.29, 0.717) is 16.5 Å². The maximum absolute atomic E-state index is 6.15. The molecule has 0 bridgehead atoms. The molecular weight excluding hydrogens is 316 g/mol. The molecule has 3 nitrogen and oxygen atoms in total. The number of rotatable bonds is 3. The highest BCUT2D eigenvalue weighted by atomic mass is 79.9. The van der Waals surface area contributed by atoms with Gasteiger partial charge < -0.3 is 10.5 Å². The topological polar surface area (TPSA) is 48.1 Å². The van der Waals surface area contributed by atoms with Crippen LogP contribution < -0.4 is 10.5 Å². The highest BCUT2D eigenvalue weighted by Crippen LogP contribution is 2.31. The Balaban J connectivity index is 2.24. The summed E-state index contributed by atoms with van der Waals surface area (Å²) < 4.78 is 6.51. The smallest absolute Gasteiger partial charge is 0.146 e. The van der Waals surface area contributed by atoms with E-state index in [4.69, 9.17) is 22.1 Å². The molecule has 0 radical (unpaired) electrons. The molecule has 0 aliphatic carbocycles. The molecule has 1 heterocycles. The Bertz CT molecular complexity index is 560. The van der Waals surface area contributed by atoms with Crippen LogP contribution in [0, 0.1) is 0 Å². The highest BCUT2D eigenvalue weighted by molar-refractivity contribution is 9.10. The summed E-state index contributed by atoms with van der Waals surface area (Å²) in [6.45, 7) is 1.91. The molecule has 1 aromatic carbocycles. The standard InChI is InChI=1S/C13H12BrClN2O/c1-8(16)9-2-3-13(12(15)4-9)18-11-5-10(14)6-17-7-11/h2-8H,16H2,1H3/t8-/m0/s1. The second-order valence-corrected chi connectivity index (χ2v) is 5.24. The zero-order valence-corrected chi connectivity index (χ0v) is 12.1. The minimum Gasteiger partial charge on any atom is -0.454 e. The molecule has 1 atom stereocenters. The van der Waals surface area contributed by atoms with Crippen LogP contribution in [-0.4, -0.2) is 4.98 Å². The fraction of sp³-hybridized carbons (Fsp3) is 0.154. The van der Waals surface area contributed by atoms with E-state index >= 15 is 0 Å². The number of aromatic nitrogens is 1. The molecule has 0 fully saturated rings. The first-order valence-electron chi connectivity index (χ1n) is 5.39. The Morgan fingerprint density at radius 2 is 2.11 bits per heavy atom. The van der Waals surface area contributed by atoms with E-state index in [2.05, 4.69) is 20.9 Å². The molecule has 0 aliphatic heterocycles. The van der Waals surface area contributed by atoms with E-state index in [9.17, 15) is 0 Å². The van der Waals surface area contributed by atoms with Gasteiger partial charge in [-0.05, 0) is 46.6 Å². The summed E-state index contributed by atoms with van der Waals surface area (Å²) in [5.74, 6) is 1.21. The van der Waals surface area contributed by atoms with Crippen LogP contribution in [0.4, 0.5) is 0 Å². The minimum absolute atomic E-state index is 0.0518. The van der Waals surface area contributed by atoms with Crippen LogP contribution in [0.5, 0.6) is 11.5 Å². The fourth-order valence-electron chi connectivity index (χ4n) is 1.46. The molecule has 94 valence electrons. The maximum atomic E-state index is 6.15. The van der Waals surface area contributed by atoms with Crippen molar-refractivity contribution in [3.8, 4) is 11.5 Å². The molecule has 1 aromatic heterocycles. The minimum atomic E-state index is -0.0518. The van der Waals surface area contributed by atoms with Crippen LogP contribution in [0.25, 0.3) is 0 Å². The van der Waals surface area contributed by atoms with Gasteiger partial charge in [0.1, 0.15) is 11.5 Å². The second kappa shape index (κ2) is 5.69. The van der Waals surface area contributed by atoms with E-state index in [1.807, 2.05) is 31.2 Å². The molecule has 0 saturated heterocycles. The summed E-state index contributed by atoms with van der Waals surface area (Å²) in [6.07, 6.45) is 3.31. The number of halogens is 2. The first kappa shape index (κ1) is 13.3. The summed E-state index contributed by atoms with van der Waals surface area (Å²) in [7, 11) is 0. The van der Waals surface area contributed by atoms with Crippen molar-refractivity contribution in [3.05, 3.63) is 51.7 Å². The molecule has 2 N–H and O–H groups in total. The molecule has 18 heavy (non-hydrogen) atoms. The average Bonchev–Trinajstić information content (AvgIpc) is 2.31. The number of pyridine rings is 1. The van der Waals surface area contributed by atoms with Gasteiger partial charge in [-0.1, -0.05) is 17.7 Å². The summed E-state index contributed by atoms with van der Waals surface area (Å²) in [5, 5.41) is 0.532. The lowest BCUT2D eigenvalue weighted by atomic mass is 10.1. The van der Waals surface area contributed by atoms with E-state index in [1.54, 1.807) is 12.4 Å². The molecule has 0 spiro atoms. The summed E-state index contributed by atoms with van der Waals surface area (Å²) in [4.78, 5) is 4.02. The number of benzene rings is 1. The van der Waals surface area contributed by atoms with Crippen molar-refractivity contribution in [2.75, 3.05) is 0 Å². The molecule has 0 aliphatic rings. The lowest BCUT2D eigenvalue weighted by Gasteiger charge is -2.10. The van der Waals surface area contributed by atoms with Crippen LogP contribution in [0.15, 0.2) is 41.1 Å². The van der Waals surface area contributed by atoms with Gasteiger partial charge in [0.05, 0.1) is 11.2 Å². The van der Waals surface area contributed by atoms with Gasteiger partial charge in [-0.25, -0.2) is 0 Å². The van der Waals surface area contributed by atoms with Crippen molar-refractivity contribution in [1.29, 1.82) is 0 Å². The van der Waals surface area contributed by atoms with Gasteiger partial charge in [-0.15, -0.1) is 0 Å². The largest absolute Gasteiger partial charge is 0.454 e. The lowest BCUT2D eigenvalue weighted by Crippen LogP contribution is -2.04. The Labute approximate surface area is 119 Å². The van der Waals surface area contributed by atoms with Crippen LogP contribution in [0.1, 0.15) is 18.5 Å². The van der Waals surface area contributed by atoms with Crippen LogP contribution in [-0.2, 0) is 0 Å². The third kappa shape index (κ3) is 3.22. The van der Waals surface area contributed by atoms with Crippen molar-refractivity contribution < 1.29 is 4.74 Å². The highest BCUT2D eigenvalue weighted by Gasteiger charge is 2.07. The monoisotopic (exact) mass is 326 g/mol. The Kier molecular flexibility index (Phi) is 4.22. The Hall–Kier alpha value is -1.10. The molecule has 0 amide bonds. The molecule has 2 aromatic rings. The Morgan fingerprint density at radius 3 is 2.72 bits per heavy atom.